The Hall–Kier alpha value is -1.46. The average Bonchev–Trinajstić information content (AvgIpc) is 2.92. The van der Waals surface area contributed by atoms with Gasteiger partial charge in [-0.2, -0.15) is 0 Å². The fourth-order valence-corrected chi connectivity index (χ4v) is 7.29. The highest BCUT2D eigenvalue weighted by molar-refractivity contribution is 5.91. The van der Waals surface area contributed by atoms with E-state index < -0.39 is 24.1 Å². The van der Waals surface area contributed by atoms with E-state index in [1.165, 1.54) is 5.57 Å². The second kappa shape index (κ2) is 6.81. The summed E-state index contributed by atoms with van der Waals surface area (Å²) in [4.78, 5) is 22.9. The van der Waals surface area contributed by atoms with Gasteiger partial charge in [-0.1, -0.05) is 19.1 Å². The fraction of sp³-hybridized carbons (Fsp3) is 0.739. The number of rotatable bonds is 4. The molecule has 3 fully saturated rings. The van der Waals surface area contributed by atoms with E-state index in [0.29, 0.717) is 36.5 Å². The van der Waals surface area contributed by atoms with Crippen LogP contribution in [0.25, 0.3) is 0 Å². The average molecular weight is 389 g/mol. The van der Waals surface area contributed by atoms with Crippen LogP contribution in [0.1, 0.15) is 64.7 Å². The summed E-state index contributed by atoms with van der Waals surface area (Å²) in [6.45, 7) is 6.09. The van der Waals surface area contributed by atoms with Crippen molar-refractivity contribution in [1.82, 2.24) is 0 Å². The second-order valence-corrected chi connectivity index (χ2v) is 9.80. The van der Waals surface area contributed by atoms with Gasteiger partial charge in [-0.25, -0.2) is 0 Å². The summed E-state index contributed by atoms with van der Waals surface area (Å²) < 4.78 is 0. The summed E-state index contributed by atoms with van der Waals surface area (Å²) >= 11 is 0. The van der Waals surface area contributed by atoms with Crippen LogP contribution >= 0.6 is 0 Å². The van der Waals surface area contributed by atoms with Crippen LogP contribution in [0.3, 0.4) is 0 Å². The number of fused-ring (bicyclic) bond motifs is 5. The highest BCUT2D eigenvalue weighted by Gasteiger charge is 2.63. The normalized spacial score (nSPS) is 43.4. The number of allylic oxidation sites excluding steroid dienone is 1. The smallest absolute Gasteiger partial charge is 0.306 e. The lowest BCUT2D eigenvalue weighted by Gasteiger charge is -2.56. The minimum Gasteiger partial charge on any atom is -0.481 e. The number of carbonyl (C=O) groups is 2. The van der Waals surface area contributed by atoms with Gasteiger partial charge in [-0.15, -0.1) is 0 Å². The molecular weight excluding hydrogens is 356 g/mol. The van der Waals surface area contributed by atoms with E-state index in [9.17, 15) is 19.8 Å². The molecule has 0 aromatic heterocycles. The van der Waals surface area contributed by atoms with E-state index >= 15 is 0 Å². The maximum atomic E-state index is 11.8. The molecule has 4 rings (SSSR count). The molecule has 28 heavy (non-hydrogen) atoms. The molecule has 0 aromatic carbocycles. The Bertz CT molecular complexity index is 739. The van der Waals surface area contributed by atoms with Gasteiger partial charge in [0.15, 0.2) is 5.78 Å². The van der Waals surface area contributed by atoms with Crippen LogP contribution in [0.4, 0.5) is 0 Å². The van der Waals surface area contributed by atoms with Gasteiger partial charge in [0.2, 0.25) is 0 Å². The highest BCUT2D eigenvalue weighted by atomic mass is 16.4. The van der Waals surface area contributed by atoms with Gasteiger partial charge in [0.1, 0.15) is 0 Å². The van der Waals surface area contributed by atoms with Gasteiger partial charge in [0, 0.05) is 11.8 Å². The summed E-state index contributed by atoms with van der Waals surface area (Å²) in [5, 5.41) is 31.0. The standard InChI is InChI=1S/C23H32O5/c1-13(20(25)12-21(26)27)23(28)10-8-19-18-5-3-14-11-15(24)4-6-16(14)17(18)7-9-22(19,23)2/h11,16-20,25,28H,1,3-10,12H2,2H3,(H,26,27)/t16-,17+,18+,19-,20-,22-,23+/m0/s1. The molecule has 5 nitrogen and oxygen atoms in total. The third kappa shape index (κ3) is 2.81. The Labute approximate surface area is 166 Å². The molecule has 4 aliphatic rings. The summed E-state index contributed by atoms with van der Waals surface area (Å²) in [6, 6.07) is 0. The number of carbonyl (C=O) groups excluding carboxylic acids is 1. The van der Waals surface area contributed by atoms with Crippen molar-refractivity contribution < 1.29 is 24.9 Å². The topological polar surface area (TPSA) is 94.8 Å². The van der Waals surface area contributed by atoms with E-state index in [2.05, 4.69) is 13.5 Å². The zero-order chi connectivity index (χ0) is 20.3. The molecule has 0 spiro atoms. The Kier molecular flexibility index (Phi) is 4.82. The lowest BCUT2D eigenvalue weighted by atomic mass is 9.50. The van der Waals surface area contributed by atoms with Crippen LogP contribution in [0.5, 0.6) is 0 Å². The molecule has 0 heterocycles. The van der Waals surface area contributed by atoms with E-state index in [4.69, 9.17) is 5.11 Å². The maximum absolute atomic E-state index is 11.8. The predicted octanol–water partition coefficient (Wildman–Crippen LogP) is 3.25. The van der Waals surface area contributed by atoms with Gasteiger partial charge < -0.3 is 15.3 Å². The van der Waals surface area contributed by atoms with E-state index in [-0.39, 0.29) is 16.8 Å². The molecule has 0 aliphatic heterocycles. The molecule has 3 saturated carbocycles. The van der Waals surface area contributed by atoms with E-state index in [0.717, 1.165) is 38.5 Å². The number of carboxylic acid groups (broad SMARTS) is 1. The Balaban J connectivity index is 1.58. The molecule has 7 atom stereocenters. The van der Waals surface area contributed by atoms with Crippen LogP contribution in [-0.4, -0.2) is 38.8 Å². The SMILES string of the molecule is C=C([C@@H](O)CC(=O)O)[C@]1(O)CC[C@H]2[C@@H]3CCC4=CC(=O)CC[C@@H]4[C@H]3CC[C@@]21C. The van der Waals surface area contributed by atoms with Crippen LogP contribution in [0, 0.1) is 29.1 Å². The molecule has 4 aliphatic carbocycles. The number of aliphatic hydroxyl groups is 2. The zero-order valence-electron chi connectivity index (χ0n) is 16.7. The van der Waals surface area contributed by atoms with Gasteiger partial charge in [-0.3, -0.25) is 9.59 Å². The quantitative estimate of drug-likeness (QED) is 0.643. The number of aliphatic carboxylic acids is 1. The molecule has 0 amide bonds. The van der Waals surface area contributed by atoms with Crippen molar-refractivity contribution in [3.05, 3.63) is 23.8 Å². The first kappa shape index (κ1) is 19.8. The van der Waals surface area contributed by atoms with E-state index in [1.807, 2.05) is 6.08 Å². The Morgan fingerprint density at radius 1 is 1.21 bits per heavy atom. The van der Waals surface area contributed by atoms with Crippen molar-refractivity contribution in [1.29, 1.82) is 0 Å². The van der Waals surface area contributed by atoms with Crippen LogP contribution in [0.2, 0.25) is 0 Å². The third-order valence-corrected chi connectivity index (χ3v) is 8.75. The van der Waals surface area contributed by atoms with Crippen LogP contribution in [0.15, 0.2) is 23.8 Å². The summed E-state index contributed by atoms with van der Waals surface area (Å²) in [6.07, 6.45) is 7.20. The molecule has 0 aromatic rings. The summed E-state index contributed by atoms with van der Waals surface area (Å²) in [5.74, 6) is 1.14. The monoisotopic (exact) mass is 388 g/mol. The molecule has 0 unspecified atom stereocenters. The lowest BCUT2D eigenvalue weighted by molar-refractivity contribution is -0.139. The fourth-order valence-electron chi connectivity index (χ4n) is 7.29. The number of hydrogen-bond donors (Lipinski definition) is 3. The van der Waals surface area contributed by atoms with Crippen molar-refractivity contribution in [3.8, 4) is 0 Å². The van der Waals surface area contributed by atoms with Crippen LogP contribution in [-0.2, 0) is 9.59 Å². The molecular formula is C23H32O5. The lowest BCUT2D eigenvalue weighted by Crippen LogP contribution is -2.54. The molecule has 0 radical (unpaired) electrons. The zero-order valence-corrected chi connectivity index (χ0v) is 16.7. The molecule has 0 bridgehead atoms. The number of ketones is 1. The first-order valence-corrected chi connectivity index (χ1v) is 10.7. The maximum Gasteiger partial charge on any atom is 0.306 e. The molecule has 154 valence electrons. The molecule has 5 heteroatoms. The van der Waals surface area contributed by atoms with E-state index in [1.54, 1.807) is 0 Å². The number of hydrogen-bond acceptors (Lipinski definition) is 4. The predicted molar refractivity (Wildman–Crippen MR) is 104 cm³/mol. The first-order valence-electron chi connectivity index (χ1n) is 10.7. The summed E-state index contributed by atoms with van der Waals surface area (Å²) in [5.41, 5.74) is 0.0284. The van der Waals surface area contributed by atoms with Crippen LogP contribution < -0.4 is 0 Å². The number of aliphatic hydroxyl groups excluding tert-OH is 1. The van der Waals surface area contributed by atoms with Gasteiger partial charge in [-0.05, 0) is 80.3 Å². The summed E-state index contributed by atoms with van der Waals surface area (Å²) in [7, 11) is 0. The molecule has 0 saturated heterocycles. The van der Waals surface area contributed by atoms with Gasteiger partial charge in [0.05, 0.1) is 18.1 Å². The van der Waals surface area contributed by atoms with Crippen molar-refractivity contribution in [3.63, 3.8) is 0 Å². The van der Waals surface area contributed by atoms with Crippen molar-refractivity contribution in [2.75, 3.05) is 0 Å². The second-order valence-electron chi connectivity index (χ2n) is 9.80. The van der Waals surface area contributed by atoms with Gasteiger partial charge >= 0.3 is 5.97 Å². The number of carboxylic acids is 1. The van der Waals surface area contributed by atoms with Crippen molar-refractivity contribution in [2.24, 2.45) is 29.1 Å². The molecule has 3 N–H and O–H groups in total. The third-order valence-electron chi connectivity index (χ3n) is 8.75. The largest absolute Gasteiger partial charge is 0.481 e. The minimum absolute atomic E-state index is 0.268. The minimum atomic E-state index is -1.22. The Morgan fingerprint density at radius 3 is 2.68 bits per heavy atom. The first-order chi connectivity index (χ1) is 13.2. The van der Waals surface area contributed by atoms with Crippen molar-refractivity contribution in [2.45, 2.75) is 76.4 Å². The van der Waals surface area contributed by atoms with Crippen molar-refractivity contribution >= 4 is 11.8 Å². The Morgan fingerprint density at radius 2 is 1.96 bits per heavy atom. The highest BCUT2D eigenvalue weighted by Crippen LogP contribution is 2.66. The van der Waals surface area contributed by atoms with Gasteiger partial charge in [0.25, 0.3) is 0 Å².